The van der Waals surface area contributed by atoms with Crippen LogP contribution < -0.4 is 15.8 Å². The van der Waals surface area contributed by atoms with Gasteiger partial charge in [-0.05, 0) is 46.6 Å². The van der Waals surface area contributed by atoms with Crippen LogP contribution in [-0.2, 0) is 12.1 Å². The highest BCUT2D eigenvalue weighted by Crippen LogP contribution is 2.32. The highest BCUT2D eigenvalue weighted by atomic mass is 32.1. The molecule has 1 saturated heterocycles. The van der Waals surface area contributed by atoms with Crippen molar-refractivity contribution in [3.8, 4) is 11.1 Å². The van der Waals surface area contributed by atoms with Gasteiger partial charge in [-0.15, -0.1) is 0 Å². The van der Waals surface area contributed by atoms with Crippen molar-refractivity contribution in [2.24, 2.45) is 0 Å². The van der Waals surface area contributed by atoms with Gasteiger partial charge in [0.2, 0.25) is 0 Å². The highest BCUT2D eigenvalue weighted by Gasteiger charge is 2.42. The largest absolute Gasteiger partial charge is 0.338 e. The second-order valence-corrected chi connectivity index (χ2v) is 8.11. The molecule has 0 aliphatic carbocycles. The summed E-state index contributed by atoms with van der Waals surface area (Å²) in [4.78, 5) is 0. The first-order valence-corrected chi connectivity index (χ1v) is 10.8. The van der Waals surface area contributed by atoms with E-state index in [0.29, 0.717) is 5.11 Å². The first-order chi connectivity index (χ1) is 15.2. The number of para-hydroxylation sites is 1. The summed E-state index contributed by atoms with van der Waals surface area (Å²) >= 11 is 5.74. The Morgan fingerprint density at radius 3 is 1.84 bits per heavy atom. The van der Waals surface area contributed by atoms with Crippen LogP contribution in [0.4, 0.5) is 5.69 Å². The van der Waals surface area contributed by atoms with Gasteiger partial charge in [0.1, 0.15) is 5.66 Å². The predicted molar refractivity (Wildman–Crippen MR) is 131 cm³/mol. The Morgan fingerprint density at radius 1 is 0.645 bits per heavy atom. The van der Waals surface area contributed by atoms with E-state index >= 15 is 0 Å². The molecule has 0 amide bonds. The molecule has 1 aliphatic heterocycles. The van der Waals surface area contributed by atoms with Gasteiger partial charge < -0.3 is 5.32 Å². The third-order valence-electron chi connectivity index (χ3n) is 5.64. The SMILES string of the molecule is S=C1NC(Cc2ccccc2)(c2ccc(-c3ccccc3)cc2)NN1c1ccccc1. The zero-order chi connectivity index (χ0) is 21.1. The maximum absolute atomic E-state index is 5.74. The second-order valence-electron chi connectivity index (χ2n) is 7.72. The van der Waals surface area contributed by atoms with Crippen molar-refractivity contribution in [2.45, 2.75) is 12.1 Å². The molecule has 4 aromatic rings. The number of rotatable bonds is 5. The second kappa shape index (κ2) is 8.34. The Hall–Kier alpha value is -3.47. The number of thiocarbonyl (C=S) groups is 1. The average molecular weight is 422 g/mol. The number of hydrogen-bond donors (Lipinski definition) is 2. The Kier molecular flexibility index (Phi) is 5.24. The van der Waals surface area contributed by atoms with Crippen molar-refractivity contribution >= 4 is 23.0 Å². The summed E-state index contributed by atoms with van der Waals surface area (Å²) in [5.41, 5.74) is 8.91. The minimum atomic E-state index is -0.538. The average Bonchev–Trinajstić information content (AvgIpc) is 3.18. The molecule has 4 heteroatoms. The molecular formula is C27H23N3S. The molecule has 1 atom stereocenters. The molecule has 1 fully saturated rings. The summed E-state index contributed by atoms with van der Waals surface area (Å²) in [5, 5.41) is 6.21. The minimum absolute atomic E-state index is 0.538. The predicted octanol–water partition coefficient (Wildman–Crippen LogP) is 5.65. The maximum atomic E-state index is 5.74. The molecule has 152 valence electrons. The molecule has 4 aromatic carbocycles. The van der Waals surface area contributed by atoms with Gasteiger partial charge in [-0.2, -0.15) is 5.43 Å². The van der Waals surface area contributed by atoms with Crippen LogP contribution in [0, 0.1) is 0 Å². The Bertz CT molecular complexity index is 1160. The van der Waals surface area contributed by atoms with Gasteiger partial charge in [0.15, 0.2) is 5.11 Å². The van der Waals surface area contributed by atoms with E-state index in [0.717, 1.165) is 17.7 Å². The van der Waals surface area contributed by atoms with Crippen LogP contribution in [0.2, 0.25) is 0 Å². The fraction of sp³-hybridized carbons (Fsp3) is 0.0741. The molecule has 3 nitrogen and oxygen atoms in total. The lowest BCUT2D eigenvalue weighted by atomic mass is 9.91. The van der Waals surface area contributed by atoms with Crippen molar-refractivity contribution in [1.29, 1.82) is 0 Å². The zero-order valence-electron chi connectivity index (χ0n) is 17.0. The molecule has 2 N–H and O–H groups in total. The van der Waals surface area contributed by atoms with Crippen molar-refractivity contribution in [3.63, 3.8) is 0 Å². The van der Waals surface area contributed by atoms with E-state index in [-0.39, 0.29) is 0 Å². The summed E-state index contributed by atoms with van der Waals surface area (Å²) in [6, 6.07) is 39.8. The molecular weight excluding hydrogens is 398 g/mol. The van der Waals surface area contributed by atoms with Crippen LogP contribution in [0.3, 0.4) is 0 Å². The minimum Gasteiger partial charge on any atom is -0.338 e. The lowest BCUT2D eigenvalue weighted by molar-refractivity contribution is 0.347. The van der Waals surface area contributed by atoms with Crippen LogP contribution in [0.15, 0.2) is 115 Å². The molecule has 1 heterocycles. The lowest BCUT2D eigenvalue weighted by Crippen LogP contribution is -2.50. The molecule has 0 radical (unpaired) electrons. The number of nitrogens with zero attached hydrogens (tertiary/aromatic N) is 1. The van der Waals surface area contributed by atoms with E-state index in [9.17, 15) is 0 Å². The van der Waals surface area contributed by atoms with Crippen LogP contribution in [0.5, 0.6) is 0 Å². The van der Waals surface area contributed by atoms with E-state index in [1.165, 1.54) is 16.7 Å². The van der Waals surface area contributed by atoms with Gasteiger partial charge in [-0.3, -0.25) is 0 Å². The van der Waals surface area contributed by atoms with E-state index in [1.807, 2.05) is 35.3 Å². The fourth-order valence-corrected chi connectivity index (χ4v) is 4.39. The van der Waals surface area contributed by atoms with E-state index in [4.69, 9.17) is 12.2 Å². The van der Waals surface area contributed by atoms with E-state index in [1.54, 1.807) is 0 Å². The van der Waals surface area contributed by atoms with Gasteiger partial charge in [-0.25, -0.2) is 5.01 Å². The van der Waals surface area contributed by atoms with Crippen LogP contribution >= 0.6 is 12.2 Å². The summed E-state index contributed by atoms with van der Waals surface area (Å²) in [6.07, 6.45) is 0.752. The molecule has 1 unspecified atom stereocenters. The Labute approximate surface area is 188 Å². The fourth-order valence-electron chi connectivity index (χ4n) is 4.07. The van der Waals surface area contributed by atoms with Gasteiger partial charge in [-0.1, -0.05) is 103 Å². The van der Waals surface area contributed by atoms with Gasteiger partial charge in [0, 0.05) is 6.42 Å². The lowest BCUT2D eigenvalue weighted by Gasteiger charge is -2.31. The third-order valence-corrected chi connectivity index (χ3v) is 5.92. The molecule has 0 saturated carbocycles. The molecule has 0 bridgehead atoms. The number of hydrogen-bond acceptors (Lipinski definition) is 2. The number of anilines is 1. The third kappa shape index (κ3) is 3.96. The van der Waals surface area contributed by atoms with Gasteiger partial charge >= 0.3 is 0 Å². The smallest absolute Gasteiger partial charge is 0.190 e. The summed E-state index contributed by atoms with van der Waals surface area (Å²) in [6.45, 7) is 0. The number of nitrogens with one attached hydrogen (secondary N) is 2. The monoisotopic (exact) mass is 421 g/mol. The van der Waals surface area contributed by atoms with Crippen molar-refractivity contribution < 1.29 is 0 Å². The molecule has 1 aliphatic rings. The van der Waals surface area contributed by atoms with Crippen LogP contribution in [0.1, 0.15) is 11.1 Å². The summed E-state index contributed by atoms with van der Waals surface area (Å²) in [5.74, 6) is 0. The highest BCUT2D eigenvalue weighted by molar-refractivity contribution is 7.80. The van der Waals surface area contributed by atoms with Crippen molar-refractivity contribution in [2.75, 3.05) is 5.01 Å². The maximum Gasteiger partial charge on any atom is 0.190 e. The standard InChI is InChI=1S/C27H23N3S/c31-26-28-27(20-21-10-4-1-5-11-21,29-30(26)25-14-8-3-9-15-25)24-18-16-23(17-19-24)22-12-6-2-7-13-22/h1-19,29H,20H2,(H,28,31). The molecule has 0 spiro atoms. The summed E-state index contributed by atoms with van der Waals surface area (Å²) in [7, 11) is 0. The van der Waals surface area contributed by atoms with Gasteiger partial charge in [0.05, 0.1) is 5.69 Å². The molecule has 5 rings (SSSR count). The van der Waals surface area contributed by atoms with E-state index in [2.05, 4.69) is 95.7 Å². The van der Waals surface area contributed by atoms with Crippen LogP contribution in [0.25, 0.3) is 11.1 Å². The first kappa shape index (κ1) is 19.5. The quantitative estimate of drug-likeness (QED) is 0.407. The normalized spacial score (nSPS) is 18.1. The topological polar surface area (TPSA) is 27.3 Å². The van der Waals surface area contributed by atoms with E-state index < -0.39 is 5.66 Å². The van der Waals surface area contributed by atoms with Gasteiger partial charge in [0.25, 0.3) is 0 Å². The summed E-state index contributed by atoms with van der Waals surface area (Å²) < 4.78 is 0. The molecule has 31 heavy (non-hydrogen) atoms. The van der Waals surface area contributed by atoms with Crippen molar-refractivity contribution in [3.05, 3.63) is 126 Å². The van der Waals surface area contributed by atoms with Crippen molar-refractivity contribution in [1.82, 2.24) is 10.7 Å². The first-order valence-electron chi connectivity index (χ1n) is 10.4. The van der Waals surface area contributed by atoms with Crippen LogP contribution in [-0.4, -0.2) is 5.11 Å². The number of benzene rings is 4. The number of hydrazine groups is 1. The Balaban J connectivity index is 1.53. The Morgan fingerprint density at radius 2 is 1.19 bits per heavy atom. The molecule has 0 aromatic heterocycles. The zero-order valence-corrected chi connectivity index (χ0v) is 17.8.